The van der Waals surface area contributed by atoms with E-state index in [1.807, 2.05) is 0 Å². The molecule has 0 atom stereocenters. The number of amides is 1. The molecule has 0 aromatic heterocycles. The highest BCUT2D eigenvalue weighted by Gasteiger charge is 2.16. The minimum Gasteiger partial charge on any atom is -0.359 e. The summed E-state index contributed by atoms with van der Waals surface area (Å²) in [6, 6.07) is 6.42. The number of likely N-dealkylation sites (N-methyl/N-ethyl adjacent to an activating group) is 1. The highest BCUT2D eigenvalue weighted by Crippen LogP contribution is 2.15. The average Bonchev–Trinajstić information content (AvgIpc) is 2.29. The van der Waals surface area contributed by atoms with Crippen LogP contribution in [0.25, 0.3) is 0 Å². The standard InChI is InChI=1S/C10H14N2O3S/c1-11-10(13)7-8-5-3-4-6-9(8)16(14,15)12-2/h3-6,12H,7H2,1-2H3,(H,11,13). The van der Waals surface area contributed by atoms with Gasteiger partial charge in [-0.05, 0) is 18.7 Å². The minimum atomic E-state index is -3.51. The first-order valence-electron chi connectivity index (χ1n) is 4.73. The number of nitrogens with one attached hydrogen (secondary N) is 2. The quantitative estimate of drug-likeness (QED) is 0.773. The molecule has 0 unspecified atom stereocenters. The van der Waals surface area contributed by atoms with Gasteiger partial charge in [-0.15, -0.1) is 0 Å². The van der Waals surface area contributed by atoms with E-state index in [1.54, 1.807) is 18.2 Å². The van der Waals surface area contributed by atoms with E-state index in [2.05, 4.69) is 10.0 Å². The van der Waals surface area contributed by atoms with Crippen LogP contribution in [0, 0.1) is 0 Å². The molecule has 0 aliphatic carbocycles. The smallest absolute Gasteiger partial charge is 0.240 e. The summed E-state index contributed by atoms with van der Waals surface area (Å²) in [5.74, 6) is -0.223. The fraction of sp³-hybridized carbons (Fsp3) is 0.300. The molecule has 2 N–H and O–H groups in total. The van der Waals surface area contributed by atoms with E-state index < -0.39 is 10.0 Å². The molecule has 16 heavy (non-hydrogen) atoms. The number of carbonyl (C=O) groups is 1. The van der Waals surface area contributed by atoms with E-state index in [4.69, 9.17) is 0 Å². The van der Waals surface area contributed by atoms with E-state index in [-0.39, 0.29) is 17.2 Å². The first kappa shape index (κ1) is 12.7. The second kappa shape index (κ2) is 5.09. The lowest BCUT2D eigenvalue weighted by molar-refractivity contribution is -0.119. The van der Waals surface area contributed by atoms with Gasteiger partial charge < -0.3 is 5.32 Å². The maximum Gasteiger partial charge on any atom is 0.240 e. The zero-order valence-electron chi connectivity index (χ0n) is 9.15. The second-order valence-electron chi connectivity index (χ2n) is 3.17. The topological polar surface area (TPSA) is 75.3 Å². The molecule has 0 fully saturated rings. The fourth-order valence-electron chi connectivity index (χ4n) is 1.28. The van der Waals surface area contributed by atoms with E-state index >= 15 is 0 Å². The summed E-state index contributed by atoms with van der Waals surface area (Å²) in [6.07, 6.45) is 0.0492. The van der Waals surface area contributed by atoms with Crippen molar-refractivity contribution in [3.05, 3.63) is 29.8 Å². The highest BCUT2D eigenvalue weighted by atomic mass is 32.2. The molecule has 1 amide bonds. The van der Waals surface area contributed by atoms with Crippen molar-refractivity contribution in [3.63, 3.8) is 0 Å². The number of rotatable bonds is 4. The molecule has 0 saturated heterocycles. The van der Waals surface area contributed by atoms with Crippen LogP contribution in [0.2, 0.25) is 0 Å². The molecule has 1 aromatic carbocycles. The Kier molecular flexibility index (Phi) is 4.03. The van der Waals surface area contributed by atoms with Crippen molar-refractivity contribution < 1.29 is 13.2 Å². The van der Waals surface area contributed by atoms with Gasteiger partial charge in [0.15, 0.2) is 0 Å². The second-order valence-corrected chi connectivity index (χ2v) is 5.02. The summed E-state index contributed by atoms with van der Waals surface area (Å²) in [7, 11) is -0.662. The third-order valence-electron chi connectivity index (χ3n) is 2.16. The summed E-state index contributed by atoms with van der Waals surface area (Å²) >= 11 is 0. The molecule has 1 rings (SSSR count). The van der Waals surface area contributed by atoms with Crippen molar-refractivity contribution in [1.29, 1.82) is 0 Å². The van der Waals surface area contributed by atoms with Gasteiger partial charge in [-0.2, -0.15) is 0 Å². The lowest BCUT2D eigenvalue weighted by Crippen LogP contribution is -2.24. The Morgan fingerprint density at radius 3 is 2.44 bits per heavy atom. The summed E-state index contributed by atoms with van der Waals surface area (Å²) in [5, 5.41) is 2.46. The molecular weight excluding hydrogens is 228 g/mol. The van der Waals surface area contributed by atoms with Crippen LogP contribution < -0.4 is 10.0 Å². The van der Waals surface area contributed by atoms with E-state index in [1.165, 1.54) is 20.2 Å². The molecule has 0 saturated carbocycles. The summed E-state index contributed by atoms with van der Waals surface area (Å²) < 4.78 is 25.5. The molecule has 0 bridgehead atoms. The molecule has 0 spiro atoms. The van der Waals surface area contributed by atoms with Crippen molar-refractivity contribution in [2.24, 2.45) is 0 Å². The van der Waals surface area contributed by atoms with Crippen LogP contribution in [0.4, 0.5) is 0 Å². The van der Waals surface area contributed by atoms with Crippen LogP contribution >= 0.6 is 0 Å². The first-order valence-corrected chi connectivity index (χ1v) is 6.21. The lowest BCUT2D eigenvalue weighted by atomic mass is 10.1. The zero-order chi connectivity index (χ0) is 12.2. The molecule has 0 aliphatic rings. The monoisotopic (exact) mass is 242 g/mol. The molecule has 1 aromatic rings. The van der Waals surface area contributed by atoms with Crippen LogP contribution in [0.15, 0.2) is 29.2 Å². The molecule has 88 valence electrons. The Morgan fingerprint density at radius 2 is 1.88 bits per heavy atom. The van der Waals surface area contributed by atoms with Gasteiger partial charge in [-0.25, -0.2) is 13.1 Å². The molecule has 5 nitrogen and oxygen atoms in total. The fourth-order valence-corrected chi connectivity index (χ4v) is 2.25. The first-order chi connectivity index (χ1) is 7.51. The van der Waals surface area contributed by atoms with Gasteiger partial charge in [0.1, 0.15) is 0 Å². The van der Waals surface area contributed by atoms with Gasteiger partial charge in [-0.1, -0.05) is 18.2 Å². The number of benzene rings is 1. The van der Waals surface area contributed by atoms with Crippen molar-refractivity contribution in [2.45, 2.75) is 11.3 Å². The molecule has 0 radical (unpaired) electrons. The molecular formula is C10H14N2O3S. The molecule has 0 heterocycles. The Balaban J connectivity index is 3.16. The number of hydrogen-bond donors (Lipinski definition) is 2. The Morgan fingerprint density at radius 1 is 1.25 bits per heavy atom. The van der Waals surface area contributed by atoms with Crippen LogP contribution in [-0.2, 0) is 21.2 Å². The van der Waals surface area contributed by atoms with Crippen molar-refractivity contribution in [2.75, 3.05) is 14.1 Å². The molecule has 0 aliphatic heterocycles. The van der Waals surface area contributed by atoms with Crippen LogP contribution in [0.5, 0.6) is 0 Å². The van der Waals surface area contributed by atoms with E-state index in [9.17, 15) is 13.2 Å². The number of carbonyl (C=O) groups excluding carboxylic acids is 1. The van der Waals surface area contributed by atoms with Crippen molar-refractivity contribution in [3.8, 4) is 0 Å². The van der Waals surface area contributed by atoms with Gasteiger partial charge in [0.25, 0.3) is 0 Å². The predicted octanol–water partition coefficient (Wildman–Crippen LogP) is -0.117. The summed E-state index contributed by atoms with van der Waals surface area (Å²) in [6.45, 7) is 0. The Hall–Kier alpha value is -1.40. The normalized spacial score (nSPS) is 11.1. The zero-order valence-corrected chi connectivity index (χ0v) is 9.97. The van der Waals surface area contributed by atoms with Crippen LogP contribution in [-0.4, -0.2) is 28.4 Å². The highest BCUT2D eigenvalue weighted by molar-refractivity contribution is 7.89. The third kappa shape index (κ3) is 2.80. The maximum absolute atomic E-state index is 11.6. The Labute approximate surface area is 94.9 Å². The predicted molar refractivity (Wildman–Crippen MR) is 60.5 cm³/mol. The lowest BCUT2D eigenvalue weighted by Gasteiger charge is -2.08. The van der Waals surface area contributed by atoms with Gasteiger partial charge in [0, 0.05) is 7.05 Å². The Bertz CT molecular complexity index is 483. The largest absolute Gasteiger partial charge is 0.359 e. The van der Waals surface area contributed by atoms with Crippen LogP contribution in [0.3, 0.4) is 0 Å². The van der Waals surface area contributed by atoms with Gasteiger partial charge in [0.2, 0.25) is 15.9 Å². The molecule has 6 heteroatoms. The van der Waals surface area contributed by atoms with E-state index in [0.717, 1.165) is 0 Å². The van der Waals surface area contributed by atoms with Crippen LogP contribution in [0.1, 0.15) is 5.56 Å². The number of hydrogen-bond acceptors (Lipinski definition) is 3. The third-order valence-corrected chi connectivity index (χ3v) is 3.68. The SMILES string of the molecule is CNC(=O)Cc1ccccc1S(=O)(=O)NC. The van der Waals surface area contributed by atoms with Gasteiger partial charge in [0.05, 0.1) is 11.3 Å². The van der Waals surface area contributed by atoms with Crippen molar-refractivity contribution >= 4 is 15.9 Å². The van der Waals surface area contributed by atoms with Gasteiger partial charge in [-0.3, -0.25) is 4.79 Å². The average molecular weight is 242 g/mol. The summed E-state index contributed by atoms with van der Waals surface area (Å²) in [4.78, 5) is 11.4. The van der Waals surface area contributed by atoms with Gasteiger partial charge >= 0.3 is 0 Å². The number of sulfonamides is 1. The van der Waals surface area contributed by atoms with E-state index in [0.29, 0.717) is 5.56 Å². The summed E-state index contributed by atoms with van der Waals surface area (Å²) in [5.41, 5.74) is 0.483. The minimum absolute atomic E-state index is 0.0492. The maximum atomic E-state index is 11.6. The van der Waals surface area contributed by atoms with Crippen molar-refractivity contribution in [1.82, 2.24) is 10.0 Å².